The van der Waals surface area contributed by atoms with Gasteiger partial charge in [-0.1, -0.05) is 27.2 Å². The normalized spacial score (nSPS) is 39.8. The second-order valence-electron chi connectivity index (χ2n) is 8.26. The van der Waals surface area contributed by atoms with Gasteiger partial charge in [-0.2, -0.15) is 0 Å². The number of nitrogens with zero attached hydrogens (tertiary/aromatic N) is 1. The van der Waals surface area contributed by atoms with Crippen LogP contribution in [-0.4, -0.2) is 31.3 Å². The Morgan fingerprint density at radius 1 is 1.32 bits per heavy atom. The van der Waals surface area contributed by atoms with Crippen LogP contribution in [0.4, 0.5) is 0 Å². The van der Waals surface area contributed by atoms with Crippen LogP contribution in [0, 0.1) is 17.3 Å². The lowest BCUT2D eigenvalue weighted by Gasteiger charge is -2.64. The molecule has 0 amide bonds. The average Bonchev–Trinajstić information content (AvgIpc) is 2.79. The quantitative estimate of drug-likeness (QED) is 0.353. The number of hydrogen-bond acceptors (Lipinski definition) is 3. The largest absolute Gasteiger partial charge is 0.460 e. The molecule has 3 aliphatic carbocycles. The van der Waals surface area contributed by atoms with Crippen molar-refractivity contribution in [2.75, 3.05) is 6.54 Å². The van der Waals surface area contributed by atoms with Crippen LogP contribution in [0.1, 0.15) is 53.4 Å². The fourth-order valence-electron chi connectivity index (χ4n) is 4.90. The number of nitrogens with two attached hydrogens (primary N) is 2. The third kappa shape index (κ3) is 2.44. The van der Waals surface area contributed by atoms with Gasteiger partial charge in [-0.15, -0.1) is 0 Å². The van der Waals surface area contributed by atoms with Gasteiger partial charge in [0.15, 0.2) is 5.96 Å². The predicted molar refractivity (Wildman–Crippen MR) is 89.4 cm³/mol. The number of guanidine groups is 1. The van der Waals surface area contributed by atoms with Crippen LogP contribution in [-0.2, 0) is 9.31 Å². The predicted octanol–water partition coefficient (Wildman–Crippen LogP) is 2.16. The summed E-state index contributed by atoms with van der Waals surface area (Å²) in [6.45, 7) is 9.94. The summed E-state index contributed by atoms with van der Waals surface area (Å²) in [6.07, 6.45) is 4.70. The summed E-state index contributed by atoms with van der Waals surface area (Å²) in [4.78, 5) is 4.04. The fraction of sp³-hybridized carbons (Fsp3) is 0.938. The van der Waals surface area contributed by atoms with E-state index in [1.807, 2.05) is 0 Å². The molecule has 4 rings (SSSR count). The van der Waals surface area contributed by atoms with E-state index in [9.17, 15) is 0 Å². The summed E-state index contributed by atoms with van der Waals surface area (Å²) in [5.74, 6) is 1.97. The van der Waals surface area contributed by atoms with E-state index >= 15 is 0 Å². The molecule has 6 heteroatoms. The number of rotatable bonds is 5. The maximum atomic E-state index is 6.47. The van der Waals surface area contributed by atoms with Crippen LogP contribution >= 0.6 is 0 Å². The van der Waals surface area contributed by atoms with Gasteiger partial charge in [0, 0.05) is 6.54 Å². The summed E-state index contributed by atoms with van der Waals surface area (Å²) >= 11 is 0. The van der Waals surface area contributed by atoms with Gasteiger partial charge in [0.25, 0.3) is 0 Å². The lowest BCUT2D eigenvalue weighted by molar-refractivity contribution is -0.199. The molecule has 0 aromatic carbocycles. The average molecular weight is 307 g/mol. The summed E-state index contributed by atoms with van der Waals surface area (Å²) in [5, 5.41) is 0. The minimum atomic E-state index is -0.100. The molecule has 3 saturated carbocycles. The Bertz CT molecular complexity index is 466. The summed E-state index contributed by atoms with van der Waals surface area (Å²) in [6, 6.07) is 0. The highest BCUT2D eigenvalue weighted by atomic mass is 16.7. The molecule has 5 atom stereocenters. The third-order valence-electron chi connectivity index (χ3n) is 6.55. The first kappa shape index (κ1) is 16.1. The molecule has 5 nitrogen and oxygen atoms in total. The fourth-order valence-corrected chi connectivity index (χ4v) is 4.90. The van der Waals surface area contributed by atoms with Crippen molar-refractivity contribution in [2.24, 2.45) is 33.7 Å². The molecule has 0 aromatic heterocycles. The number of aliphatic imine (C=N–C) groups is 1. The zero-order valence-electron chi connectivity index (χ0n) is 14.3. The maximum Gasteiger partial charge on any atom is 0.460 e. The molecule has 4 N–H and O–H groups in total. The Balaban J connectivity index is 1.57. The zero-order valence-corrected chi connectivity index (χ0v) is 14.3. The van der Waals surface area contributed by atoms with Crippen molar-refractivity contribution in [1.82, 2.24) is 0 Å². The van der Waals surface area contributed by atoms with Gasteiger partial charge in [0.1, 0.15) is 0 Å². The Labute approximate surface area is 134 Å². The smallest absolute Gasteiger partial charge is 0.405 e. The first-order valence-electron chi connectivity index (χ1n) is 8.64. The van der Waals surface area contributed by atoms with Gasteiger partial charge >= 0.3 is 7.12 Å². The topological polar surface area (TPSA) is 82.9 Å². The molecule has 4 unspecified atom stereocenters. The molecule has 1 saturated heterocycles. The first-order valence-corrected chi connectivity index (χ1v) is 8.64. The van der Waals surface area contributed by atoms with Gasteiger partial charge in [0.2, 0.25) is 0 Å². The summed E-state index contributed by atoms with van der Waals surface area (Å²) < 4.78 is 12.8. The second-order valence-corrected chi connectivity index (χ2v) is 8.26. The van der Waals surface area contributed by atoms with Crippen molar-refractivity contribution in [2.45, 2.75) is 70.9 Å². The van der Waals surface area contributed by atoms with E-state index in [2.05, 4.69) is 32.7 Å². The minimum absolute atomic E-state index is 0.0793. The van der Waals surface area contributed by atoms with E-state index in [4.69, 9.17) is 20.8 Å². The monoisotopic (exact) mass is 307 g/mol. The summed E-state index contributed by atoms with van der Waals surface area (Å²) in [7, 11) is -0.0793. The van der Waals surface area contributed by atoms with Gasteiger partial charge in [-0.3, -0.25) is 4.99 Å². The van der Waals surface area contributed by atoms with E-state index < -0.39 is 0 Å². The van der Waals surface area contributed by atoms with Gasteiger partial charge in [-0.25, -0.2) is 0 Å². The van der Waals surface area contributed by atoms with Crippen LogP contribution < -0.4 is 11.5 Å². The van der Waals surface area contributed by atoms with Crippen molar-refractivity contribution in [3.8, 4) is 0 Å². The van der Waals surface area contributed by atoms with Crippen LogP contribution in [0.15, 0.2) is 4.99 Å². The molecule has 4 aliphatic rings. The second kappa shape index (κ2) is 5.41. The molecule has 4 fully saturated rings. The van der Waals surface area contributed by atoms with Gasteiger partial charge < -0.3 is 20.8 Å². The van der Waals surface area contributed by atoms with Crippen molar-refractivity contribution in [3.63, 3.8) is 0 Å². The van der Waals surface area contributed by atoms with Crippen molar-refractivity contribution < 1.29 is 9.31 Å². The maximum absolute atomic E-state index is 6.47. The Morgan fingerprint density at radius 2 is 2.05 bits per heavy atom. The van der Waals surface area contributed by atoms with E-state index in [0.717, 1.165) is 25.2 Å². The van der Waals surface area contributed by atoms with Crippen LogP contribution in [0.5, 0.6) is 0 Å². The third-order valence-corrected chi connectivity index (χ3v) is 6.55. The molecular weight excluding hydrogens is 277 g/mol. The molecule has 0 radical (unpaired) electrons. The standard InChI is InChI=1S/C16H30BN3O2/c1-10(6-5-7-20-14(18)19)17-21-13-9-11-8-12(15(11,2)3)16(13,4)22-17/h10-13H,5-9H2,1-4H3,(H4,18,19,20)/t10?,11?,12?,13?,16-/m0/s1. The molecule has 22 heavy (non-hydrogen) atoms. The first-order chi connectivity index (χ1) is 10.2. The Morgan fingerprint density at radius 3 is 2.68 bits per heavy atom. The SMILES string of the molecule is CC(CCCN=C(N)N)B1OC2CC3CC(C3(C)C)[C@]2(C)O1. The molecule has 2 bridgehead atoms. The van der Waals surface area contributed by atoms with E-state index in [0.29, 0.717) is 23.7 Å². The highest BCUT2D eigenvalue weighted by Crippen LogP contribution is 2.66. The molecule has 0 aromatic rings. The summed E-state index contributed by atoms with van der Waals surface area (Å²) in [5.41, 5.74) is 11.0. The molecule has 124 valence electrons. The lowest BCUT2D eigenvalue weighted by atomic mass is 9.43. The van der Waals surface area contributed by atoms with E-state index in [1.165, 1.54) is 6.42 Å². The lowest BCUT2D eigenvalue weighted by Crippen LogP contribution is -2.65. The van der Waals surface area contributed by atoms with Crippen LogP contribution in [0.3, 0.4) is 0 Å². The van der Waals surface area contributed by atoms with E-state index in [-0.39, 0.29) is 24.8 Å². The van der Waals surface area contributed by atoms with Crippen LogP contribution in [0.25, 0.3) is 0 Å². The number of hydrogen-bond donors (Lipinski definition) is 2. The molecular formula is C16H30BN3O2. The molecule has 1 heterocycles. The highest BCUT2D eigenvalue weighted by Gasteiger charge is 2.68. The Hall–Kier alpha value is -0.745. The van der Waals surface area contributed by atoms with Crippen molar-refractivity contribution >= 4 is 13.1 Å². The van der Waals surface area contributed by atoms with E-state index in [1.54, 1.807) is 0 Å². The van der Waals surface area contributed by atoms with Crippen LogP contribution in [0.2, 0.25) is 5.82 Å². The molecule has 1 aliphatic heterocycles. The Kier molecular flexibility index (Phi) is 3.97. The van der Waals surface area contributed by atoms with Gasteiger partial charge in [-0.05, 0) is 49.3 Å². The minimum Gasteiger partial charge on any atom is -0.405 e. The van der Waals surface area contributed by atoms with Crippen molar-refractivity contribution in [3.05, 3.63) is 0 Å². The highest BCUT2D eigenvalue weighted by molar-refractivity contribution is 6.47. The zero-order chi connectivity index (χ0) is 16.1. The van der Waals surface area contributed by atoms with Crippen molar-refractivity contribution in [1.29, 1.82) is 0 Å². The molecule has 0 spiro atoms. The van der Waals surface area contributed by atoms with Gasteiger partial charge in [0.05, 0.1) is 11.7 Å².